The highest BCUT2D eigenvalue weighted by atomic mass is 16.2. The summed E-state index contributed by atoms with van der Waals surface area (Å²) >= 11 is 0. The number of nitrogens with zero attached hydrogens (tertiary/aromatic N) is 4. The van der Waals surface area contributed by atoms with Gasteiger partial charge >= 0.3 is 0 Å². The molecule has 0 spiro atoms. The van der Waals surface area contributed by atoms with Gasteiger partial charge in [0, 0.05) is 37.1 Å². The Balaban J connectivity index is 1.86. The molecule has 2 aromatic rings. The van der Waals surface area contributed by atoms with Crippen LogP contribution >= 0.6 is 0 Å². The van der Waals surface area contributed by atoms with Crippen LogP contribution in [0.2, 0.25) is 0 Å². The Kier molecular flexibility index (Phi) is 5.18. The molecule has 1 amide bonds. The van der Waals surface area contributed by atoms with Crippen molar-refractivity contribution in [1.29, 1.82) is 0 Å². The van der Waals surface area contributed by atoms with E-state index in [9.17, 15) is 14.4 Å². The minimum atomic E-state index is -0.341. The third-order valence-electron chi connectivity index (χ3n) is 3.05. The summed E-state index contributed by atoms with van der Waals surface area (Å²) in [5, 5.41) is 6.43. The molecule has 2 heterocycles. The predicted molar refractivity (Wildman–Crippen MR) is 79.4 cm³/mol. The number of aryl methyl sites for hydroxylation is 1. The monoisotopic (exact) mass is 303 g/mol. The van der Waals surface area contributed by atoms with Gasteiger partial charge in [-0.3, -0.25) is 19.0 Å². The molecule has 0 radical (unpaired) electrons. The Morgan fingerprint density at radius 2 is 2.14 bits per heavy atom. The largest absolute Gasteiger partial charge is 0.353 e. The van der Waals surface area contributed by atoms with Crippen LogP contribution in [0.4, 0.5) is 0 Å². The van der Waals surface area contributed by atoms with E-state index in [1.165, 1.54) is 35.3 Å². The lowest BCUT2D eigenvalue weighted by molar-refractivity contribution is -0.121. The van der Waals surface area contributed by atoms with Crippen LogP contribution in [0.5, 0.6) is 0 Å². The molecule has 0 aromatic carbocycles. The maximum atomic E-state index is 11.8. The van der Waals surface area contributed by atoms with Gasteiger partial charge in [0.05, 0.1) is 6.33 Å². The number of amides is 1. The number of carbonyl (C=O) groups is 1. The first-order valence-electron chi connectivity index (χ1n) is 6.94. The molecule has 0 atom stereocenters. The van der Waals surface area contributed by atoms with Gasteiger partial charge in [0.15, 0.2) is 0 Å². The van der Waals surface area contributed by atoms with Crippen molar-refractivity contribution in [2.75, 3.05) is 6.54 Å². The van der Waals surface area contributed by atoms with Crippen molar-refractivity contribution < 1.29 is 4.79 Å². The molecular weight excluding hydrogens is 286 g/mol. The number of hydrogen-bond donors (Lipinski definition) is 1. The van der Waals surface area contributed by atoms with Crippen LogP contribution in [-0.4, -0.2) is 31.8 Å². The molecule has 0 bridgehead atoms. The average molecular weight is 303 g/mol. The Morgan fingerprint density at radius 1 is 1.32 bits per heavy atom. The van der Waals surface area contributed by atoms with Gasteiger partial charge in [-0.25, -0.2) is 9.67 Å². The van der Waals surface area contributed by atoms with E-state index in [4.69, 9.17) is 0 Å². The van der Waals surface area contributed by atoms with Crippen LogP contribution in [0.25, 0.3) is 0 Å². The summed E-state index contributed by atoms with van der Waals surface area (Å²) in [7, 11) is 0. The fraction of sp³-hybridized carbons (Fsp3) is 0.357. The maximum Gasteiger partial charge on any atom is 0.267 e. The zero-order chi connectivity index (χ0) is 15.9. The Morgan fingerprint density at radius 3 is 2.82 bits per heavy atom. The summed E-state index contributed by atoms with van der Waals surface area (Å²) in [6.07, 6.45) is 3.61. The Hall–Kier alpha value is -2.77. The van der Waals surface area contributed by atoms with Gasteiger partial charge in [-0.05, 0) is 12.5 Å². The first-order chi connectivity index (χ1) is 10.6. The number of rotatable bonds is 6. The van der Waals surface area contributed by atoms with Crippen molar-refractivity contribution in [3.8, 4) is 0 Å². The fourth-order valence-corrected chi connectivity index (χ4v) is 1.84. The smallest absolute Gasteiger partial charge is 0.267 e. The van der Waals surface area contributed by atoms with E-state index in [1.54, 1.807) is 0 Å². The topological polar surface area (TPSA) is 98.9 Å². The van der Waals surface area contributed by atoms with Crippen LogP contribution in [0, 0.1) is 0 Å². The SMILES string of the molecule is CCc1cc(=O)n(CCNC(=O)Cn2ncccc2=O)cn1. The molecule has 0 aliphatic rings. The third kappa shape index (κ3) is 4.11. The van der Waals surface area contributed by atoms with Crippen molar-refractivity contribution >= 4 is 5.91 Å². The molecule has 0 aliphatic carbocycles. The molecule has 2 aromatic heterocycles. The summed E-state index contributed by atoms with van der Waals surface area (Å²) in [5.74, 6) is -0.341. The van der Waals surface area contributed by atoms with Gasteiger partial charge in [0.25, 0.3) is 11.1 Å². The van der Waals surface area contributed by atoms with E-state index in [-0.39, 0.29) is 30.1 Å². The second-order valence-corrected chi connectivity index (χ2v) is 4.63. The van der Waals surface area contributed by atoms with Crippen LogP contribution in [0.1, 0.15) is 12.6 Å². The molecule has 0 saturated heterocycles. The zero-order valence-electron chi connectivity index (χ0n) is 12.2. The predicted octanol–water partition coefficient (Wildman–Crippen LogP) is -0.821. The molecular formula is C14H17N5O3. The van der Waals surface area contributed by atoms with Crippen LogP contribution < -0.4 is 16.4 Å². The van der Waals surface area contributed by atoms with E-state index in [2.05, 4.69) is 15.4 Å². The lowest BCUT2D eigenvalue weighted by Gasteiger charge is -2.08. The second-order valence-electron chi connectivity index (χ2n) is 4.63. The summed E-state index contributed by atoms with van der Waals surface area (Å²) in [4.78, 5) is 39.0. The number of hydrogen-bond acceptors (Lipinski definition) is 5. The van der Waals surface area contributed by atoms with Gasteiger partial charge in [-0.1, -0.05) is 6.92 Å². The van der Waals surface area contributed by atoms with Gasteiger partial charge in [0.2, 0.25) is 5.91 Å². The molecule has 8 heteroatoms. The van der Waals surface area contributed by atoms with Crippen molar-refractivity contribution in [1.82, 2.24) is 24.6 Å². The van der Waals surface area contributed by atoms with Gasteiger partial charge in [-0.2, -0.15) is 5.10 Å². The van der Waals surface area contributed by atoms with Crippen LogP contribution in [0.15, 0.2) is 40.3 Å². The number of nitrogens with one attached hydrogen (secondary N) is 1. The van der Waals surface area contributed by atoms with E-state index < -0.39 is 0 Å². The second kappa shape index (κ2) is 7.30. The zero-order valence-corrected chi connectivity index (χ0v) is 12.2. The van der Waals surface area contributed by atoms with E-state index >= 15 is 0 Å². The van der Waals surface area contributed by atoms with Crippen molar-refractivity contribution in [3.05, 3.63) is 57.1 Å². The highest BCUT2D eigenvalue weighted by Gasteiger charge is 2.05. The van der Waals surface area contributed by atoms with Gasteiger partial charge in [0.1, 0.15) is 6.54 Å². The maximum absolute atomic E-state index is 11.8. The first-order valence-corrected chi connectivity index (χ1v) is 6.94. The highest BCUT2D eigenvalue weighted by Crippen LogP contribution is 1.89. The Bertz CT molecular complexity index is 765. The molecule has 22 heavy (non-hydrogen) atoms. The molecule has 1 N–H and O–H groups in total. The molecule has 8 nitrogen and oxygen atoms in total. The minimum absolute atomic E-state index is 0.151. The van der Waals surface area contributed by atoms with E-state index in [0.717, 1.165) is 10.4 Å². The standard InChI is InChI=1S/C14H17N5O3/c1-2-11-8-14(22)18(10-16-11)7-6-15-12(20)9-19-13(21)4-3-5-17-19/h3-5,8,10H,2,6-7,9H2,1H3,(H,15,20). The number of aromatic nitrogens is 4. The summed E-state index contributed by atoms with van der Waals surface area (Å²) < 4.78 is 2.49. The van der Waals surface area contributed by atoms with E-state index in [1.807, 2.05) is 6.92 Å². The lowest BCUT2D eigenvalue weighted by Crippen LogP contribution is -2.36. The van der Waals surface area contributed by atoms with Crippen molar-refractivity contribution in [2.45, 2.75) is 26.4 Å². The van der Waals surface area contributed by atoms with Gasteiger partial charge < -0.3 is 5.32 Å². The van der Waals surface area contributed by atoms with Crippen LogP contribution in [-0.2, 0) is 24.3 Å². The summed E-state index contributed by atoms with van der Waals surface area (Å²) in [6.45, 7) is 2.36. The van der Waals surface area contributed by atoms with Gasteiger partial charge in [-0.15, -0.1) is 0 Å². The molecule has 0 unspecified atom stereocenters. The summed E-state index contributed by atoms with van der Waals surface area (Å²) in [6, 6.07) is 4.33. The molecule has 116 valence electrons. The lowest BCUT2D eigenvalue weighted by atomic mass is 10.3. The summed E-state index contributed by atoms with van der Waals surface area (Å²) in [5.41, 5.74) is 0.245. The molecule has 0 aliphatic heterocycles. The molecule has 0 saturated carbocycles. The van der Waals surface area contributed by atoms with Crippen molar-refractivity contribution in [3.63, 3.8) is 0 Å². The van der Waals surface area contributed by atoms with E-state index in [0.29, 0.717) is 13.0 Å². The minimum Gasteiger partial charge on any atom is -0.353 e. The first kappa shape index (κ1) is 15.6. The quantitative estimate of drug-likeness (QED) is 0.751. The number of carbonyl (C=O) groups excluding carboxylic acids is 1. The van der Waals surface area contributed by atoms with Crippen LogP contribution in [0.3, 0.4) is 0 Å². The average Bonchev–Trinajstić information content (AvgIpc) is 2.51. The fourth-order valence-electron chi connectivity index (χ4n) is 1.84. The van der Waals surface area contributed by atoms with Crippen molar-refractivity contribution in [2.24, 2.45) is 0 Å². The highest BCUT2D eigenvalue weighted by molar-refractivity contribution is 5.75. The normalized spacial score (nSPS) is 10.4. The molecule has 2 rings (SSSR count). The Labute approximate surface area is 126 Å². The molecule has 0 fully saturated rings. The third-order valence-corrected chi connectivity index (χ3v) is 3.05.